The first-order valence-electron chi connectivity index (χ1n) is 9.87. The molecule has 4 aromatic rings. The van der Waals surface area contributed by atoms with Gasteiger partial charge in [0, 0.05) is 36.1 Å². The number of hydrogen-bond acceptors (Lipinski definition) is 5. The Bertz CT molecular complexity index is 1160. The first-order valence-corrected chi connectivity index (χ1v) is 9.87. The summed E-state index contributed by atoms with van der Waals surface area (Å²) in [5.74, 6) is 0. The monoisotopic (exact) mass is 383 g/mol. The van der Waals surface area contributed by atoms with Crippen molar-refractivity contribution in [2.24, 2.45) is 0 Å². The van der Waals surface area contributed by atoms with Crippen LogP contribution in [-0.4, -0.2) is 39.1 Å². The van der Waals surface area contributed by atoms with E-state index in [1.54, 1.807) is 0 Å². The minimum Gasteiger partial charge on any atom is -0.371 e. The summed E-state index contributed by atoms with van der Waals surface area (Å²) in [7, 11) is 0. The molecule has 0 unspecified atom stereocenters. The van der Waals surface area contributed by atoms with E-state index in [0.29, 0.717) is 6.04 Å². The molecule has 3 heterocycles. The van der Waals surface area contributed by atoms with E-state index in [1.165, 1.54) is 0 Å². The van der Waals surface area contributed by atoms with Crippen molar-refractivity contribution in [3.05, 3.63) is 72.7 Å². The number of aromatic nitrogens is 4. The second-order valence-electron chi connectivity index (χ2n) is 7.38. The van der Waals surface area contributed by atoms with Gasteiger partial charge in [0.2, 0.25) is 0 Å². The minimum absolute atomic E-state index is 0.364. The molecule has 29 heavy (non-hydrogen) atoms. The second-order valence-corrected chi connectivity index (χ2v) is 7.38. The molecule has 0 atom stereocenters. The molecule has 0 amide bonds. The number of fused-ring (bicyclic) bond motifs is 1. The van der Waals surface area contributed by atoms with Gasteiger partial charge in [-0.15, -0.1) is 0 Å². The Balaban J connectivity index is 1.30. The molecule has 5 rings (SSSR count). The number of rotatable bonds is 4. The summed E-state index contributed by atoms with van der Waals surface area (Å²) in [6, 6.07) is 16.1. The highest BCUT2D eigenvalue weighted by atomic mass is 16.1. The van der Waals surface area contributed by atoms with Crippen LogP contribution in [0.15, 0.2) is 67.1 Å². The van der Waals surface area contributed by atoms with Crippen LogP contribution in [0.25, 0.3) is 22.3 Å². The average molecular weight is 383 g/mol. The first-order chi connectivity index (χ1) is 14.3. The largest absolute Gasteiger partial charge is 0.371 e. The van der Waals surface area contributed by atoms with Gasteiger partial charge >= 0.3 is 0 Å². The third kappa shape index (κ3) is 3.49. The van der Waals surface area contributed by atoms with Crippen molar-refractivity contribution >= 4 is 23.0 Å². The smallest absolute Gasteiger partial charge is 0.150 e. The Morgan fingerprint density at radius 2 is 1.79 bits per heavy atom. The zero-order valence-electron chi connectivity index (χ0n) is 16.0. The zero-order chi connectivity index (χ0) is 19.6. The molecule has 2 aromatic carbocycles. The van der Waals surface area contributed by atoms with Crippen LogP contribution in [0.1, 0.15) is 29.2 Å². The highest BCUT2D eigenvalue weighted by Crippen LogP contribution is 2.28. The van der Waals surface area contributed by atoms with Crippen molar-refractivity contribution in [3.63, 3.8) is 0 Å². The Kier molecular flexibility index (Phi) is 4.52. The third-order valence-corrected chi connectivity index (χ3v) is 5.56. The zero-order valence-corrected chi connectivity index (χ0v) is 16.0. The van der Waals surface area contributed by atoms with Crippen LogP contribution in [0.2, 0.25) is 0 Å². The molecule has 0 bridgehead atoms. The quantitative estimate of drug-likeness (QED) is 0.496. The number of nitrogens with zero attached hydrogens (tertiary/aromatic N) is 5. The number of carbonyl (C=O) groups excluding carboxylic acids is 1. The summed E-state index contributed by atoms with van der Waals surface area (Å²) in [5, 5.41) is 4.61. The number of hydrogen-bond donors (Lipinski definition) is 0. The molecule has 0 saturated carbocycles. The molecule has 1 aliphatic heterocycles. The maximum absolute atomic E-state index is 11.0. The van der Waals surface area contributed by atoms with E-state index in [4.69, 9.17) is 4.98 Å². The van der Waals surface area contributed by atoms with Crippen LogP contribution in [0.3, 0.4) is 0 Å². The summed E-state index contributed by atoms with van der Waals surface area (Å²) in [5.41, 5.74) is 5.46. The van der Waals surface area contributed by atoms with Crippen LogP contribution in [0.4, 0.5) is 5.69 Å². The molecule has 0 spiro atoms. The van der Waals surface area contributed by atoms with Gasteiger partial charge in [-0.05, 0) is 37.1 Å². The van der Waals surface area contributed by atoms with Crippen molar-refractivity contribution in [1.29, 1.82) is 0 Å². The molecule has 2 aromatic heterocycles. The predicted octanol–water partition coefficient (Wildman–Crippen LogP) is 4.15. The summed E-state index contributed by atoms with van der Waals surface area (Å²) in [4.78, 5) is 22.6. The van der Waals surface area contributed by atoms with Gasteiger partial charge in [0.25, 0.3) is 0 Å². The van der Waals surface area contributed by atoms with Crippen LogP contribution < -0.4 is 4.90 Å². The summed E-state index contributed by atoms with van der Waals surface area (Å²) in [6.45, 7) is 1.88. The molecule has 1 aliphatic rings. The number of benzene rings is 2. The third-order valence-electron chi connectivity index (χ3n) is 5.56. The Morgan fingerprint density at radius 1 is 0.966 bits per heavy atom. The fourth-order valence-corrected chi connectivity index (χ4v) is 3.95. The van der Waals surface area contributed by atoms with Gasteiger partial charge in [-0.3, -0.25) is 14.5 Å². The van der Waals surface area contributed by atoms with Gasteiger partial charge in [-0.1, -0.05) is 24.3 Å². The Hall–Kier alpha value is -3.54. The normalized spacial score (nSPS) is 15.0. The van der Waals surface area contributed by atoms with Gasteiger partial charge in [-0.25, -0.2) is 4.98 Å². The summed E-state index contributed by atoms with van der Waals surface area (Å²) in [6.07, 6.45) is 8.68. The molecule has 6 nitrogen and oxygen atoms in total. The van der Waals surface area contributed by atoms with Crippen molar-refractivity contribution < 1.29 is 4.79 Å². The molecule has 0 radical (unpaired) electrons. The van der Waals surface area contributed by atoms with E-state index in [2.05, 4.69) is 31.9 Å². The van der Waals surface area contributed by atoms with Crippen LogP contribution >= 0.6 is 0 Å². The minimum atomic E-state index is 0.364. The maximum atomic E-state index is 11.0. The van der Waals surface area contributed by atoms with Crippen LogP contribution in [-0.2, 0) is 0 Å². The van der Waals surface area contributed by atoms with E-state index in [1.807, 2.05) is 54.9 Å². The van der Waals surface area contributed by atoms with Gasteiger partial charge in [0.15, 0.2) is 0 Å². The molecule has 1 saturated heterocycles. The number of carbonyl (C=O) groups is 1. The molecule has 1 fully saturated rings. The van der Waals surface area contributed by atoms with Crippen molar-refractivity contribution in [1.82, 2.24) is 19.7 Å². The van der Waals surface area contributed by atoms with Gasteiger partial charge in [-0.2, -0.15) is 5.10 Å². The molecule has 144 valence electrons. The Labute approximate surface area is 168 Å². The lowest BCUT2D eigenvalue weighted by Gasteiger charge is -2.33. The number of anilines is 1. The fourth-order valence-electron chi connectivity index (χ4n) is 3.95. The van der Waals surface area contributed by atoms with E-state index in [0.717, 1.165) is 65.8 Å². The molecular weight excluding hydrogens is 362 g/mol. The van der Waals surface area contributed by atoms with Crippen LogP contribution in [0, 0.1) is 0 Å². The first kappa shape index (κ1) is 17.6. The van der Waals surface area contributed by atoms with E-state index < -0.39 is 0 Å². The number of piperidine rings is 1. The van der Waals surface area contributed by atoms with Crippen molar-refractivity contribution in [2.75, 3.05) is 18.0 Å². The van der Waals surface area contributed by atoms with Gasteiger partial charge in [0.1, 0.15) is 6.29 Å². The van der Waals surface area contributed by atoms with E-state index in [-0.39, 0.29) is 0 Å². The number of para-hydroxylation sites is 2. The summed E-state index contributed by atoms with van der Waals surface area (Å²) >= 11 is 0. The molecule has 0 aliphatic carbocycles. The fraction of sp³-hybridized carbons (Fsp3) is 0.217. The van der Waals surface area contributed by atoms with Crippen LogP contribution in [0.5, 0.6) is 0 Å². The average Bonchev–Trinajstić information content (AvgIpc) is 3.29. The van der Waals surface area contributed by atoms with Gasteiger partial charge < -0.3 is 4.90 Å². The highest BCUT2D eigenvalue weighted by Gasteiger charge is 2.22. The predicted molar refractivity (Wildman–Crippen MR) is 113 cm³/mol. The Morgan fingerprint density at radius 3 is 2.62 bits per heavy atom. The second kappa shape index (κ2) is 7.47. The SMILES string of the molecule is O=Cc1cccc(N2CCC(n3cc(-c4cnc5ccccc5n4)cn3)CC2)c1. The van der Waals surface area contributed by atoms with Gasteiger partial charge in [0.05, 0.1) is 35.2 Å². The van der Waals surface area contributed by atoms with Crippen molar-refractivity contribution in [3.8, 4) is 11.3 Å². The lowest BCUT2D eigenvalue weighted by molar-refractivity contribution is 0.112. The maximum Gasteiger partial charge on any atom is 0.150 e. The van der Waals surface area contributed by atoms with E-state index in [9.17, 15) is 4.79 Å². The topological polar surface area (TPSA) is 63.9 Å². The molecular formula is C23H21N5O. The summed E-state index contributed by atoms with van der Waals surface area (Å²) < 4.78 is 2.06. The number of aldehydes is 1. The van der Waals surface area contributed by atoms with Crippen molar-refractivity contribution in [2.45, 2.75) is 18.9 Å². The standard InChI is InChI=1S/C23H21N5O/c29-16-17-4-3-5-20(12-17)27-10-8-19(9-11-27)28-15-18(13-25-28)23-14-24-21-6-1-2-7-22(21)26-23/h1-7,12-16,19H,8-11H2. The molecule has 6 heteroatoms. The molecule has 0 N–H and O–H groups in total. The van der Waals surface area contributed by atoms with E-state index >= 15 is 0 Å². The lowest BCUT2D eigenvalue weighted by Crippen LogP contribution is -2.34. The lowest BCUT2D eigenvalue weighted by atomic mass is 10.0. The highest BCUT2D eigenvalue weighted by molar-refractivity contribution is 5.77.